The molecule has 3 aromatic rings. The van der Waals surface area contributed by atoms with Crippen molar-refractivity contribution in [3.63, 3.8) is 0 Å². The maximum absolute atomic E-state index is 13.2. The van der Waals surface area contributed by atoms with Crippen LogP contribution in [0, 0.1) is 5.82 Å². The average molecular weight is 363 g/mol. The number of hydrogen-bond donors (Lipinski definition) is 3. The largest absolute Gasteiger partial charge is 0.355 e. The summed E-state index contributed by atoms with van der Waals surface area (Å²) < 4.78 is 13.2. The Morgan fingerprint density at radius 3 is 2.11 bits per heavy atom. The van der Waals surface area contributed by atoms with E-state index in [0.29, 0.717) is 11.4 Å². The van der Waals surface area contributed by atoms with E-state index in [-0.39, 0.29) is 17.4 Å². The Morgan fingerprint density at radius 1 is 0.741 bits per heavy atom. The fourth-order valence-corrected chi connectivity index (χ4v) is 2.51. The van der Waals surface area contributed by atoms with Gasteiger partial charge in [0.25, 0.3) is 5.91 Å². The molecule has 2 amide bonds. The second-order valence-corrected chi connectivity index (χ2v) is 5.93. The van der Waals surface area contributed by atoms with Gasteiger partial charge in [-0.25, -0.2) is 4.39 Å². The van der Waals surface area contributed by atoms with Gasteiger partial charge in [0.15, 0.2) is 0 Å². The summed E-state index contributed by atoms with van der Waals surface area (Å²) in [5, 5.41) is 8.68. The zero-order valence-electron chi connectivity index (χ0n) is 14.6. The molecule has 0 bridgehead atoms. The zero-order chi connectivity index (χ0) is 19.2. The number of halogens is 1. The number of rotatable bonds is 5. The maximum Gasteiger partial charge on any atom is 0.255 e. The van der Waals surface area contributed by atoms with Gasteiger partial charge >= 0.3 is 0 Å². The highest BCUT2D eigenvalue weighted by Crippen LogP contribution is 2.22. The van der Waals surface area contributed by atoms with Crippen molar-refractivity contribution in [3.8, 4) is 0 Å². The molecule has 0 aromatic heterocycles. The summed E-state index contributed by atoms with van der Waals surface area (Å²) in [4.78, 5) is 23.3. The van der Waals surface area contributed by atoms with Crippen LogP contribution >= 0.6 is 0 Å². The first-order valence-electron chi connectivity index (χ1n) is 8.31. The van der Waals surface area contributed by atoms with Crippen LogP contribution in [0.1, 0.15) is 17.3 Å². The first kappa shape index (κ1) is 18.1. The summed E-state index contributed by atoms with van der Waals surface area (Å²) in [7, 11) is 0. The van der Waals surface area contributed by atoms with Gasteiger partial charge in [-0.1, -0.05) is 12.1 Å². The van der Waals surface area contributed by atoms with E-state index < -0.39 is 5.82 Å². The van der Waals surface area contributed by atoms with Gasteiger partial charge in [0, 0.05) is 35.2 Å². The van der Waals surface area contributed by atoms with Crippen LogP contribution in [0.3, 0.4) is 0 Å². The molecule has 0 heterocycles. The van der Waals surface area contributed by atoms with Crippen molar-refractivity contribution in [2.45, 2.75) is 6.92 Å². The van der Waals surface area contributed by atoms with Crippen LogP contribution in [-0.4, -0.2) is 11.8 Å². The molecule has 0 unspecified atom stereocenters. The molecule has 3 rings (SSSR count). The summed E-state index contributed by atoms with van der Waals surface area (Å²) in [6.07, 6.45) is 0. The molecule has 3 aromatic carbocycles. The van der Waals surface area contributed by atoms with Gasteiger partial charge in [0.05, 0.1) is 0 Å². The molecule has 0 aliphatic rings. The van der Waals surface area contributed by atoms with E-state index in [4.69, 9.17) is 0 Å². The Hall–Kier alpha value is -3.67. The van der Waals surface area contributed by atoms with Crippen molar-refractivity contribution in [3.05, 3.63) is 84.2 Å². The summed E-state index contributed by atoms with van der Waals surface area (Å²) in [5.41, 5.74) is 3.19. The van der Waals surface area contributed by atoms with Crippen LogP contribution in [-0.2, 0) is 4.79 Å². The molecular formula is C21H18FN3O2. The standard InChI is InChI=1S/C21H18FN3O2/c1-14(26)23-19-6-3-7-20(13-19)24-17-8-10-18(11-9-17)25-21(27)15-4-2-5-16(22)12-15/h2-13,24H,1H3,(H,23,26)(H,25,27). The van der Waals surface area contributed by atoms with Crippen molar-refractivity contribution >= 4 is 34.6 Å². The lowest BCUT2D eigenvalue weighted by molar-refractivity contribution is -0.114. The third kappa shape index (κ3) is 5.15. The number of hydrogen-bond acceptors (Lipinski definition) is 3. The molecule has 0 aliphatic carbocycles. The van der Waals surface area contributed by atoms with Gasteiger partial charge in [-0.3, -0.25) is 9.59 Å². The van der Waals surface area contributed by atoms with Crippen LogP contribution in [0.4, 0.5) is 27.1 Å². The number of carbonyl (C=O) groups excluding carboxylic acids is 2. The van der Waals surface area contributed by atoms with E-state index in [9.17, 15) is 14.0 Å². The van der Waals surface area contributed by atoms with E-state index in [1.165, 1.54) is 25.1 Å². The van der Waals surface area contributed by atoms with Crippen LogP contribution in [0.5, 0.6) is 0 Å². The minimum atomic E-state index is -0.455. The van der Waals surface area contributed by atoms with Gasteiger partial charge in [-0.15, -0.1) is 0 Å². The van der Waals surface area contributed by atoms with Gasteiger partial charge < -0.3 is 16.0 Å². The molecule has 0 saturated heterocycles. The monoisotopic (exact) mass is 363 g/mol. The van der Waals surface area contributed by atoms with Crippen molar-refractivity contribution in [1.29, 1.82) is 0 Å². The van der Waals surface area contributed by atoms with E-state index in [2.05, 4.69) is 16.0 Å². The lowest BCUT2D eigenvalue weighted by Crippen LogP contribution is -2.11. The van der Waals surface area contributed by atoms with E-state index >= 15 is 0 Å². The molecule has 0 fully saturated rings. The van der Waals surface area contributed by atoms with Crippen LogP contribution in [0.25, 0.3) is 0 Å². The first-order chi connectivity index (χ1) is 13.0. The van der Waals surface area contributed by atoms with Gasteiger partial charge in [0.2, 0.25) is 5.91 Å². The first-order valence-corrected chi connectivity index (χ1v) is 8.31. The highest BCUT2D eigenvalue weighted by Gasteiger charge is 2.07. The minimum Gasteiger partial charge on any atom is -0.355 e. The third-order valence-electron chi connectivity index (χ3n) is 3.70. The van der Waals surface area contributed by atoms with Crippen molar-refractivity contribution in [1.82, 2.24) is 0 Å². The lowest BCUT2D eigenvalue weighted by Gasteiger charge is -2.10. The maximum atomic E-state index is 13.2. The van der Waals surface area contributed by atoms with Crippen LogP contribution < -0.4 is 16.0 Å². The van der Waals surface area contributed by atoms with E-state index in [1.807, 2.05) is 30.3 Å². The Balaban J connectivity index is 1.65. The number of anilines is 4. The molecule has 3 N–H and O–H groups in total. The Morgan fingerprint density at radius 2 is 1.41 bits per heavy atom. The fourth-order valence-electron chi connectivity index (χ4n) is 2.51. The number of nitrogens with one attached hydrogen (secondary N) is 3. The zero-order valence-corrected chi connectivity index (χ0v) is 14.6. The van der Waals surface area contributed by atoms with Crippen molar-refractivity contribution in [2.24, 2.45) is 0 Å². The second kappa shape index (κ2) is 8.14. The Kier molecular flexibility index (Phi) is 5.47. The summed E-state index contributed by atoms with van der Waals surface area (Å²) in [6, 6.07) is 20.0. The SMILES string of the molecule is CC(=O)Nc1cccc(Nc2ccc(NC(=O)c3cccc(F)c3)cc2)c1. The van der Waals surface area contributed by atoms with Crippen LogP contribution in [0.2, 0.25) is 0 Å². The molecule has 0 spiro atoms. The molecule has 5 nitrogen and oxygen atoms in total. The average Bonchev–Trinajstić information content (AvgIpc) is 2.63. The fraction of sp³-hybridized carbons (Fsp3) is 0.0476. The Labute approximate surface area is 156 Å². The smallest absolute Gasteiger partial charge is 0.255 e. The number of carbonyl (C=O) groups is 2. The predicted octanol–water partition coefficient (Wildman–Crippen LogP) is 4.78. The lowest BCUT2D eigenvalue weighted by atomic mass is 10.2. The van der Waals surface area contributed by atoms with Crippen LogP contribution in [0.15, 0.2) is 72.8 Å². The molecule has 0 radical (unpaired) electrons. The number of amides is 2. The quantitative estimate of drug-likeness (QED) is 0.611. The molecule has 6 heteroatoms. The molecule has 27 heavy (non-hydrogen) atoms. The Bertz CT molecular complexity index is 971. The van der Waals surface area contributed by atoms with E-state index in [0.717, 1.165) is 11.4 Å². The normalized spacial score (nSPS) is 10.1. The summed E-state index contributed by atoms with van der Waals surface area (Å²) in [5.74, 6) is -0.965. The van der Waals surface area contributed by atoms with Crippen molar-refractivity contribution in [2.75, 3.05) is 16.0 Å². The molecule has 0 aliphatic heterocycles. The minimum absolute atomic E-state index is 0.134. The molecule has 136 valence electrons. The number of benzene rings is 3. The summed E-state index contributed by atoms with van der Waals surface area (Å²) in [6.45, 7) is 1.46. The highest BCUT2D eigenvalue weighted by atomic mass is 19.1. The van der Waals surface area contributed by atoms with Gasteiger partial charge in [0.1, 0.15) is 5.82 Å². The van der Waals surface area contributed by atoms with Gasteiger partial charge in [-0.2, -0.15) is 0 Å². The molecular weight excluding hydrogens is 345 g/mol. The summed E-state index contributed by atoms with van der Waals surface area (Å²) >= 11 is 0. The molecule has 0 saturated carbocycles. The van der Waals surface area contributed by atoms with Crippen molar-refractivity contribution < 1.29 is 14.0 Å². The van der Waals surface area contributed by atoms with Gasteiger partial charge in [-0.05, 0) is 60.7 Å². The molecule has 0 atom stereocenters. The second-order valence-electron chi connectivity index (χ2n) is 5.93. The highest BCUT2D eigenvalue weighted by molar-refractivity contribution is 6.04. The van der Waals surface area contributed by atoms with E-state index in [1.54, 1.807) is 24.3 Å². The third-order valence-corrected chi connectivity index (χ3v) is 3.70. The topological polar surface area (TPSA) is 70.2 Å². The predicted molar refractivity (Wildman–Crippen MR) is 105 cm³/mol.